The number of hydrazone groups is 1. The first-order valence-corrected chi connectivity index (χ1v) is 8.34. The minimum Gasteiger partial charge on any atom is -0.375 e. The number of carbonyl (C=O) groups excluding carboxylic acids is 1. The van der Waals surface area contributed by atoms with Gasteiger partial charge in [-0.1, -0.05) is 0 Å². The van der Waals surface area contributed by atoms with Crippen LogP contribution in [0.4, 0.5) is 10.8 Å². The molecule has 0 saturated heterocycles. The van der Waals surface area contributed by atoms with Crippen LogP contribution in [0.2, 0.25) is 0 Å². The number of anilines is 2. The van der Waals surface area contributed by atoms with Crippen LogP contribution in [0.1, 0.15) is 36.8 Å². The molecule has 0 spiro atoms. The summed E-state index contributed by atoms with van der Waals surface area (Å²) < 4.78 is 0. The van der Waals surface area contributed by atoms with E-state index in [0.717, 1.165) is 18.8 Å². The molecule has 1 aromatic carbocycles. The minimum absolute atomic E-state index is 0.251. The van der Waals surface area contributed by atoms with Crippen molar-refractivity contribution in [1.29, 1.82) is 0 Å². The first-order chi connectivity index (χ1) is 11.0. The predicted molar refractivity (Wildman–Crippen MR) is 96.2 cm³/mol. The maximum absolute atomic E-state index is 12.1. The molecule has 7 heteroatoms. The third kappa shape index (κ3) is 4.29. The Morgan fingerprint density at radius 1 is 1.30 bits per heavy atom. The highest BCUT2D eigenvalue weighted by atomic mass is 32.1. The van der Waals surface area contributed by atoms with E-state index in [0.29, 0.717) is 22.1 Å². The van der Waals surface area contributed by atoms with Crippen molar-refractivity contribution in [2.24, 2.45) is 5.10 Å². The molecule has 0 fully saturated rings. The number of nitrogen functional groups attached to an aromatic ring is 1. The molecule has 2 rings (SSSR count). The molecule has 2 aromatic rings. The lowest BCUT2D eigenvalue weighted by Crippen LogP contribution is -2.22. The number of amides is 1. The molecule has 23 heavy (non-hydrogen) atoms. The average molecular weight is 331 g/mol. The summed E-state index contributed by atoms with van der Waals surface area (Å²) in [5.41, 5.74) is 11.1. The smallest absolute Gasteiger partial charge is 0.271 e. The Hall–Kier alpha value is -2.41. The van der Waals surface area contributed by atoms with E-state index in [2.05, 4.69) is 34.3 Å². The number of carbonyl (C=O) groups is 1. The summed E-state index contributed by atoms with van der Waals surface area (Å²) in [6.07, 6.45) is 0. The van der Waals surface area contributed by atoms with E-state index in [9.17, 15) is 4.79 Å². The molecule has 6 nitrogen and oxygen atoms in total. The maximum Gasteiger partial charge on any atom is 0.271 e. The topological polar surface area (TPSA) is 83.6 Å². The molecule has 0 aliphatic rings. The van der Waals surface area contributed by atoms with Crippen LogP contribution in [0, 0.1) is 0 Å². The third-order valence-corrected chi connectivity index (χ3v) is 4.15. The number of nitrogens with zero attached hydrogens (tertiary/aromatic N) is 3. The molecule has 1 amide bonds. The first-order valence-electron chi connectivity index (χ1n) is 7.46. The summed E-state index contributed by atoms with van der Waals surface area (Å²) in [7, 11) is 0. The Labute approximate surface area is 140 Å². The van der Waals surface area contributed by atoms with Gasteiger partial charge in [0.05, 0.1) is 11.4 Å². The van der Waals surface area contributed by atoms with Crippen LogP contribution in [0.3, 0.4) is 0 Å². The SMILES string of the molecule is CCN(CC)c1ccc(C(=O)N/N=C(\C)c2csc(N)n2)cc1. The molecule has 0 unspecified atom stereocenters. The monoisotopic (exact) mass is 331 g/mol. The molecule has 1 aromatic heterocycles. The van der Waals surface area contributed by atoms with Crippen LogP contribution in [0.5, 0.6) is 0 Å². The fourth-order valence-corrected chi connectivity index (χ4v) is 2.73. The van der Waals surface area contributed by atoms with Gasteiger partial charge in [0.25, 0.3) is 5.91 Å². The van der Waals surface area contributed by atoms with Crippen molar-refractivity contribution < 1.29 is 4.79 Å². The standard InChI is InChI=1S/C16H21N5OS/c1-4-21(5-2)13-8-6-12(7-9-13)15(22)20-19-11(3)14-10-23-16(17)18-14/h6-10H,4-5H2,1-3H3,(H2,17,18)(H,20,22)/b19-11+. The molecule has 122 valence electrons. The average Bonchev–Trinajstić information content (AvgIpc) is 3.00. The van der Waals surface area contributed by atoms with Crippen LogP contribution >= 0.6 is 11.3 Å². The van der Waals surface area contributed by atoms with E-state index >= 15 is 0 Å². The fraction of sp³-hybridized carbons (Fsp3) is 0.312. The summed E-state index contributed by atoms with van der Waals surface area (Å²) >= 11 is 1.34. The summed E-state index contributed by atoms with van der Waals surface area (Å²) in [6.45, 7) is 7.85. The number of hydrogen-bond acceptors (Lipinski definition) is 6. The Morgan fingerprint density at radius 2 is 1.96 bits per heavy atom. The number of thiazole rings is 1. The van der Waals surface area contributed by atoms with E-state index in [1.165, 1.54) is 11.3 Å². The number of hydrogen-bond donors (Lipinski definition) is 2. The zero-order chi connectivity index (χ0) is 16.8. The van der Waals surface area contributed by atoms with Gasteiger partial charge in [0, 0.05) is 29.7 Å². The number of aromatic nitrogens is 1. The highest BCUT2D eigenvalue weighted by Crippen LogP contribution is 2.15. The first kappa shape index (κ1) is 17.0. The van der Waals surface area contributed by atoms with Gasteiger partial charge in [-0.2, -0.15) is 5.10 Å². The van der Waals surface area contributed by atoms with Crippen molar-refractivity contribution in [3.05, 3.63) is 40.9 Å². The quantitative estimate of drug-likeness (QED) is 0.630. The molecule has 0 aliphatic heterocycles. The normalized spacial score (nSPS) is 11.3. The van der Waals surface area contributed by atoms with E-state index in [1.54, 1.807) is 24.4 Å². The molecule has 1 heterocycles. The number of benzene rings is 1. The van der Waals surface area contributed by atoms with Gasteiger partial charge >= 0.3 is 0 Å². The maximum atomic E-state index is 12.1. The molecule has 0 atom stereocenters. The van der Waals surface area contributed by atoms with Crippen molar-refractivity contribution >= 4 is 33.8 Å². The van der Waals surface area contributed by atoms with Crippen molar-refractivity contribution in [3.8, 4) is 0 Å². The summed E-state index contributed by atoms with van der Waals surface area (Å²) in [5.74, 6) is -0.251. The van der Waals surface area contributed by atoms with Gasteiger partial charge in [0.15, 0.2) is 5.13 Å². The Bertz CT molecular complexity index is 689. The zero-order valence-corrected chi connectivity index (χ0v) is 14.4. The van der Waals surface area contributed by atoms with Crippen LogP contribution in [0.15, 0.2) is 34.7 Å². The second-order valence-electron chi connectivity index (χ2n) is 4.93. The van der Waals surface area contributed by atoms with E-state index in [1.807, 2.05) is 12.1 Å². The highest BCUT2D eigenvalue weighted by molar-refractivity contribution is 7.13. The third-order valence-electron chi connectivity index (χ3n) is 3.48. The van der Waals surface area contributed by atoms with Crippen LogP contribution < -0.4 is 16.1 Å². The van der Waals surface area contributed by atoms with Gasteiger partial charge < -0.3 is 10.6 Å². The zero-order valence-electron chi connectivity index (χ0n) is 13.5. The second kappa shape index (κ2) is 7.73. The van der Waals surface area contributed by atoms with Crippen LogP contribution in [-0.2, 0) is 0 Å². The van der Waals surface area contributed by atoms with Crippen LogP contribution in [-0.4, -0.2) is 29.7 Å². The fourth-order valence-electron chi connectivity index (χ4n) is 2.12. The van der Waals surface area contributed by atoms with E-state index < -0.39 is 0 Å². The van der Waals surface area contributed by atoms with Crippen molar-refractivity contribution in [2.75, 3.05) is 23.7 Å². The largest absolute Gasteiger partial charge is 0.375 e. The summed E-state index contributed by atoms with van der Waals surface area (Å²) in [4.78, 5) is 18.5. The number of nitrogens with one attached hydrogen (secondary N) is 1. The van der Waals surface area contributed by atoms with Gasteiger partial charge in [-0.3, -0.25) is 4.79 Å². The van der Waals surface area contributed by atoms with Gasteiger partial charge in [0.1, 0.15) is 0 Å². The molecular formula is C16H21N5OS. The molecule has 0 saturated carbocycles. The van der Waals surface area contributed by atoms with E-state index in [-0.39, 0.29) is 5.91 Å². The van der Waals surface area contributed by atoms with Crippen molar-refractivity contribution in [3.63, 3.8) is 0 Å². The highest BCUT2D eigenvalue weighted by Gasteiger charge is 2.08. The van der Waals surface area contributed by atoms with Gasteiger partial charge in [0.2, 0.25) is 0 Å². The number of rotatable bonds is 6. The molecule has 0 aliphatic carbocycles. The summed E-state index contributed by atoms with van der Waals surface area (Å²) in [5, 5.41) is 6.35. The van der Waals surface area contributed by atoms with E-state index in [4.69, 9.17) is 5.73 Å². The molecular weight excluding hydrogens is 310 g/mol. The van der Waals surface area contributed by atoms with Gasteiger partial charge in [-0.05, 0) is 45.0 Å². The molecule has 0 bridgehead atoms. The molecule has 0 radical (unpaired) electrons. The second-order valence-corrected chi connectivity index (χ2v) is 5.82. The summed E-state index contributed by atoms with van der Waals surface area (Å²) in [6, 6.07) is 7.49. The number of nitrogens with two attached hydrogens (primary N) is 1. The van der Waals surface area contributed by atoms with Crippen LogP contribution in [0.25, 0.3) is 0 Å². The Morgan fingerprint density at radius 3 is 2.48 bits per heavy atom. The lowest BCUT2D eigenvalue weighted by atomic mass is 10.2. The van der Waals surface area contributed by atoms with Crippen molar-refractivity contribution in [2.45, 2.75) is 20.8 Å². The van der Waals surface area contributed by atoms with Gasteiger partial charge in [-0.25, -0.2) is 10.4 Å². The lowest BCUT2D eigenvalue weighted by molar-refractivity contribution is 0.0955. The predicted octanol–water partition coefficient (Wildman–Crippen LogP) is 2.73. The molecule has 3 N–H and O–H groups in total. The van der Waals surface area contributed by atoms with Crippen molar-refractivity contribution in [1.82, 2.24) is 10.4 Å². The minimum atomic E-state index is -0.251. The van der Waals surface area contributed by atoms with Gasteiger partial charge in [-0.15, -0.1) is 11.3 Å². The Balaban J connectivity index is 2.03. The Kier molecular flexibility index (Phi) is 5.70. The lowest BCUT2D eigenvalue weighted by Gasteiger charge is -2.20.